The van der Waals surface area contributed by atoms with Crippen LogP contribution in [0.1, 0.15) is 12.6 Å². The highest BCUT2D eigenvalue weighted by Gasteiger charge is 2.21. The van der Waals surface area contributed by atoms with Gasteiger partial charge in [-0.15, -0.1) is 0 Å². The second-order valence-electron chi connectivity index (χ2n) is 3.74. The number of nitrogens with zero attached hydrogens (tertiary/aromatic N) is 1. The van der Waals surface area contributed by atoms with Crippen molar-refractivity contribution in [2.45, 2.75) is 19.0 Å². The maximum absolute atomic E-state index is 9.11. The lowest BCUT2D eigenvalue weighted by Gasteiger charge is -2.27. The quantitative estimate of drug-likeness (QED) is 0.536. The van der Waals surface area contributed by atoms with Gasteiger partial charge in [-0.05, 0) is 19.1 Å². The molecule has 0 aliphatic carbocycles. The van der Waals surface area contributed by atoms with E-state index in [0.717, 1.165) is 11.4 Å². The predicted octanol–water partition coefficient (Wildman–Crippen LogP) is -0.305. The van der Waals surface area contributed by atoms with Gasteiger partial charge < -0.3 is 21.3 Å². The molecule has 5 heteroatoms. The highest BCUT2D eigenvalue weighted by atomic mass is 16.3. The molecule has 0 bridgehead atoms. The van der Waals surface area contributed by atoms with E-state index in [2.05, 4.69) is 10.3 Å². The minimum Gasteiger partial charge on any atom is -0.394 e. The summed E-state index contributed by atoms with van der Waals surface area (Å²) in [7, 11) is 0. The predicted molar refractivity (Wildman–Crippen MR) is 58.3 cm³/mol. The third kappa shape index (κ3) is 3.16. The molecule has 1 aromatic rings. The summed E-state index contributed by atoms with van der Waals surface area (Å²) in [5, 5.41) is 21.3. The molecular weight excluding hydrogens is 194 g/mol. The molecule has 0 spiro atoms. The molecule has 15 heavy (non-hydrogen) atoms. The fourth-order valence-electron chi connectivity index (χ4n) is 1.15. The smallest absolute Gasteiger partial charge is 0.0806 e. The van der Waals surface area contributed by atoms with Gasteiger partial charge in [-0.25, -0.2) is 0 Å². The van der Waals surface area contributed by atoms with Gasteiger partial charge in [0.25, 0.3) is 0 Å². The van der Waals surface area contributed by atoms with Crippen LogP contribution in [0.15, 0.2) is 18.3 Å². The SMILES string of the molecule is CC(CO)(CO)Nc1ccnc(CN)c1. The van der Waals surface area contributed by atoms with Crippen molar-refractivity contribution in [3.05, 3.63) is 24.0 Å². The Bertz CT molecular complexity index is 313. The summed E-state index contributed by atoms with van der Waals surface area (Å²) >= 11 is 0. The van der Waals surface area contributed by atoms with Gasteiger partial charge in [0.05, 0.1) is 24.4 Å². The summed E-state index contributed by atoms with van der Waals surface area (Å²) < 4.78 is 0. The van der Waals surface area contributed by atoms with Gasteiger partial charge in [-0.3, -0.25) is 4.98 Å². The zero-order valence-corrected chi connectivity index (χ0v) is 8.77. The van der Waals surface area contributed by atoms with Crippen molar-refractivity contribution in [2.24, 2.45) is 5.73 Å². The van der Waals surface area contributed by atoms with Crippen LogP contribution in [0.4, 0.5) is 5.69 Å². The lowest BCUT2D eigenvalue weighted by atomic mass is 10.1. The minimum atomic E-state index is -0.729. The molecule has 84 valence electrons. The highest BCUT2D eigenvalue weighted by Crippen LogP contribution is 2.14. The Labute approximate surface area is 89.0 Å². The summed E-state index contributed by atoms with van der Waals surface area (Å²) in [6.07, 6.45) is 1.64. The first kappa shape index (κ1) is 11.9. The fourth-order valence-corrected chi connectivity index (χ4v) is 1.15. The van der Waals surface area contributed by atoms with Crippen LogP contribution in [-0.2, 0) is 6.54 Å². The van der Waals surface area contributed by atoms with E-state index in [1.807, 2.05) is 0 Å². The second kappa shape index (κ2) is 5.06. The van der Waals surface area contributed by atoms with E-state index in [1.165, 1.54) is 0 Å². The lowest BCUT2D eigenvalue weighted by molar-refractivity contribution is 0.147. The topological polar surface area (TPSA) is 91.4 Å². The van der Waals surface area contributed by atoms with E-state index in [4.69, 9.17) is 15.9 Å². The van der Waals surface area contributed by atoms with Gasteiger partial charge in [0.15, 0.2) is 0 Å². The van der Waals surface area contributed by atoms with Crippen molar-refractivity contribution in [1.29, 1.82) is 0 Å². The average molecular weight is 211 g/mol. The number of aliphatic hydroxyl groups excluding tert-OH is 2. The Kier molecular flexibility index (Phi) is 4.02. The molecule has 5 N–H and O–H groups in total. The van der Waals surface area contributed by atoms with Crippen molar-refractivity contribution >= 4 is 5.69 Å². The van der Waals surface area contributed by atoms with Crippen LogP contribution in [0.5, 0.6) is 0 Å². The third-order valence-corrected chi connectivity index (χ3v) is 2.17. The molecule has 0 saturated carbocycles. The Morgan fingerprint density at radius 3 is 2.67 bits per heavy atom. The Balaban J connectivity index is 2.79. The monoisotopic (exact) mass is 211 g/mol. The summed E-state index contributed by atoms with van der Waals surface area (Å²) in [6, 6.07) is 3.56. The fraction of sp³-hybridized carbons (Fsp3) is 0.500. The maximum atomic E-state index is 9.11. The number of aliphatic hydroxyl groups is 2. The van der Waals surface area contributed by atoms with E-state index in [9.17, 15) is 0 Å². The number of rotatable bonds is 5. The van der Waals surface area contributed by atoms with Crippen LogP contribution in [0.2, 0.25) is 0 Å². The van der Waals surface area contributed by atoms with Crippen LogP contribution in [0, 0.1) is 0 Å². The molecule has 0 aromatic carbocycles. The summed E-state index contributed by atoms with van der Waals surface area (Å²) in [5.74, 6) is 0. The first-order chi connectivity index (χ1) is 7.13. The summed E-state index contributed by atoms with van der Waals surface area (Å²) in [6.45, 7) is 1.80. The summed E-state index contributed by atoms with van der Waals surface area (Å²) in [5.41, 5.74) is 6.28. The van der Waals surface area contributed by atoms with E-state index in [0.29, 0.717) is 6.54 Å². The van der Waals surface area contributed by atoms with Crippen molar-refractivity contribution < 1.29 is 10.2 Å². The molecule has 1 aromatic heterocycles. The van der Waals surface area contributed by atoms with Gasteiger partial charge in [0, 0.05) is 18.4 Å². The van der Waals surface area contributed by atoms with Crippen molar-refractivity contribution in [3.8, 4) is 0 Å². The highest BCUT2D eigenvalue weighted by molar-refractivity contribution is 5.45. The van der Waals surface area contributed by atoms with E-state index in [-0.39, 0.29) is 13.2 Å². The summed E-state index contributed by atoms with van der Waals surface area (Å²) in [4.78, 5) is 4.05. The number of hydrogen-bond donors (Lipinski definition) is 4. The minimum absolute atomic E-state index is 0.149. The molecule has 0 unspecified atom stereocenters. The molecule has 0 radical (unpaired) electrons. The molecule has 1 heterocycles. The first-order valence-corrected chi connectivity index (χ1v) is 4.78. The van der Waals surface area contributed by atoms with Crippen LogP contribution >= 0.6 is 0 Å². The van der Waals surface area contributed by atoms with Gasteiger partial charge in [-0.1, -0.05) is 0 Å². The van der Waals surface area contributed by atoms with Crippen LogP contribution in [0.3, 0.4) is 0 Å². The lowest BCUT2D eigenvalue weighted by Crippen LogP contribution is -2.42. The molecule has 0 amide bonds. The standard InChI is InChI=1S/C10H17N3O2/c1-10(6-14,7-15)13-8-2-3-12-9(4-8)5-11/h2-4,14-15H,5-7,11H2,1H3,(H,12,13). The van der Waals surface area contributed by atoms with E-state index >= 15 is 0 Å². The van der Waals surface area contributed by atoms with Gasteiger partial charge in [0.2, 0.25) is 0 Å². The second-order valence-corrected chi connectivity index (χ2v) is 3.74. The van der Waals surface area contributed by atoms with Crippen molar-refractivity contribution in [1.82, 2.24) is 4.98 Å². The van der Waals surface area contributed by atoms with Crippen molar-refractivity contribution in [3.63, 3.8) is 0 Å². The zero-order chi connectivity index (χ0) is 11.3. The van der Waals surface area contributed by atoms with Gasteiger partial charge in [0.1, 0.15) is 0 Å². The molecule has 0 atom stereocenters. The number of aromatic nitrogens is 1. The maximum Gasteiger partial charge on any atom is 0.0806 e. The molecule has 0 fully saturated rings. The van der Waals surface area contributed by atoms with Crippen molar-refractivity contribution in [2.75, 3.05) is 18.5 Å². The number of nitrogens with two attached hydrogens (primary N) is 1. The number of anilines is 1. The molecular formula is C10H17N3O2. The molecule has 0 aliphatic heterocycles. The number of pyridine rings is 1. The number of hydrogen-bond acceptors (Lipinski definition) is 5. The molecule has 0 saturated heterocycles. The van der Waals surface area contributed by atoms with Crippen LogP contribution in [0.25, 0.3) is 0 Å². The molecule has 5 nitrogen and oxygen atoms in total. The first-order valence-electron chi connectivity index (χ1n) is 4.78. The Hall–Kier alpha value is -1.17. The normalized spacial score (nSPS) is 11.5. The van der Waals surface area contributed by atoms with Crippen LogP contribution in [-0.4, -0.2) is 33.9 Å². The largest absolute Gasteiger partial charge is 0.394 e. The molecule has 1 rings (SSSR count). The number of nitrogens with one attached hydrogen (secondary N) is 1. The van der Waals surface area contributed by atoms with Gasteiger partial charge in [-0.2, -0.15) is 0 Å². The zero-order valence-electron chi connectivity index (χ0n) is 8.77. The van der Waals surface area contributed by atoms with E-state index in [1.54, 1.807) is 25.3 Å². The van der Waals surface area contributed by atoms with Crippen LogP contribution < -0.4 is 11.1 Å². The third-order valence-electron chi connectivity index (χ3n) is 2.17. The Morgan fingerprint density at radius 1 is 1.47 bits per heavy atom. The van der Waals surface area contributed by atoms with Gasteiger partial charge >= 0.3 is 0 Å². The molecule has 0 aliphatic rings. The van der Waals surface area contributed by atoms with E-state index < -0.39 is 5.54 Å². The average Bonchev–Trinajstić information content (AvgIpc) is 2.29. The Morgan fingerprint density at radius 2 is 2.13 bits per heavy atom.